The van der Waals surface area contributed by atoms with Gasteiger partial charge in [-0.05, 0) is 52.2 Å². The number of hydrogen-bond acceptors (Lipinski definition) is 5. The van der Waals surface area contributed by atoms with E-state index in [0.717, 1.165) is 6.42 Å². The first-order valence-electron chi connectivity index (χ1n) is 5.85. The molecule has 1 N–H and O–H groups in total. The molecule has 0 saturated carbocycles. The van der Waals surface area contributed by atoms with Crippen LogP contribution in [0.15, 0.2) is 22.7 Å². The fraction of sp³-hybridized carbons (Fsp3) is 0.250. The summed E-state index contributed by atoms with van der Waals surface area (Å²) in [7, 11) is 0. The molecule has 0 aliphatic carbocycles. The number of benzene rings is 1. The van der Waals surface area contributed by atoms with Crippen LogP contribution in [-0.4, -0.2) is 21.6 Å². The minimum atomic E-state index is -0.391. The third kappa shape index (κ3) is 4.01. The SMILES string of the molecule is CCCOc1nc(Cl)nc(Nc2ccc(Br)c(F)c2)n1. The molecule has 0 spiro atoms. The molecule has 106 valence electrons. The van der Waals surface area contributed by atoms with Crippen molar-refractivity contribution in [2.75, 3.05) is 11.9 Å². The Balaban J connectivity index is 2.19. The molecule has 0 atom stereocenters. The number of rotatable bonds is 5. The van der Waals surface area contributed by atoms with Gasteiger partial charge in [-0.1, -0.05) is 6.92 Å². The summed E-state index contributed by atoms with van der Waals surface area (Å²) in [5, 5.41) is 2.85. The number of ether oxygens (including phenoxy) is 1. The molecule has 0 aliphatic rings. The van der Waals surface area contributed by atoms with E-state index in [1.807, 2.05) is 6.92 Å². The highest BCUT2D eigenvalue weighted by Crippen LogP contribution is 2.22. The number of anilines is 2. The van der Waals surface area contributed by atoms with E-state index in [0.29, 0.717) is 16.8 Å². The van der Waals surface area contributed by atoms with Gasteiger partial charge in [0.15, 0.2) is 0 Å². The van der Waals surface area contributed by atoms with Crippen LogP contribution in [0.4, 0.5) is 16.0 Å². The predicted octanol–water partition coefficient (Wildman–Crippen LogP) is 3.96. The Kier molecular flexibility index (Phi) is 5.08. The van der Waals surface area contributed by atoms with Gasteiger partial charge in [-0.25, -0.2) is 4.39 Å². The van der Waals surface area contributed by atoms with Crippen LogP contribution in [0, 0.1) is 5.82 Å². The lowest BCUT2D eigenvalue weighted by Gasteiger charge is -2.07. The van der Waals surface area contributed by atoms with E-state index in [1.165, 1.54) is 6.07 Å². The first kappa shape index (κ1) is 14.9. The Morgan fingerprint density at radius 3 is 2.85 bits per heavy atom. The van der Waals surface area contributed by atoms with Gasteiger partial charge in [0.05, 0.1) is 11.1 Å². The molecule has 1 heterocycles. The van der Waals surface area contributed by atoms with Gasteiger partial charge in [-0.2, -0.15) is 15.0 Å². The van der Waals surface area contributed by atoms with Crippen molar-refractivity contribution >= 4 is 39.2 Å². The van der Waals surface area contributed by atoms with Gasteiger partial charge >= 0.3 is 6.01 Å². The fourth-order valence-corrected chi connectivity index (χ4v) is 1.75. The molecular formula is C12H11BrClFN4O. The maximum Gasteiger partial charge on any atom is 0.322 e. The minimum absolute atomic E-state index is 0.00573. The molecule has 0 fully saturated rings. The van der Waals surface area contributed by atoms with Gasteiger partial charge in [0, 0.05) is 5.69 Å². The standard InChI is InChI=1S/C12H11BrClFN4O/c1-2-5-20-12-18-10(14)17-11(19-12)16-7-3-4-8(13)9(15)6-7/h3-4,6H,2,5H2,1H3,(H,16,17,18,19). The lowest BCUT2D eigenvalue weighted by atomic mass is 10.3. The third-order valence-corrected chi connectivity index (χ3v) is 3.01. The number of aromatic nitrogens is 3. The summed E-state index contributed by atoms with van der Waals surface area (Å²) in [6.45, 7) is 2.44. The molecule has 8 heteroatoms. The molecule has 0 radical (unpaired) electrons. The summed E-state index contributed by atoms with van der Waals surface area (Å²) in [6, 6.07) is 4.70. The van der Waals surface area contributed by atoms with Crippen LogP contribution in [0.1, 0.15) is 13.3 Å². The molecule has 2 rings (SSSR count). The molecule has 20 heavy (non-hydrogen) atoms. The Morgan fingerprint density at radius 2 is 2.15 bits per heavy atom. The lowest BCUT2D eigenvalue weighted by molar-refractivity contribution is 0.292. The summed E-state index contributed by atoms with van der Waals surface area (Å²) in [5.74, 6) is -0.199. The average molecular weight is 362 g/mol. The monoisotopic (exact) mass is 360 g/mol. The van der Waals surface area contributed by atoms with Crippen LogP contribution in [0.2, 0.25) is 5.28 Å². The number of halogens is 3. The Hall–Kier alpha value is -1.47. The summed E-state index contributed by atoms with van der Waals surface area (Å²) in [4.78, 5) is 11.8. The van der Waals surface area contributed by atoms with Crippen molar-refractivity contribution in [2.24, 2.45) is 0 Å². The van der Waals surface area contributed by atoms with Crippen LogP contribution in [0.25, 0.3) is 0 Å². The van der Waals surface area contributed by atoms with Gasteiger partial charge in [0.1, 0.15) is 5.82 Å². The van der Waals surface area contributed by atoms with Crippen molar-refractivity contribution in [3.8, 4) is 6.01 Å². The highest BCUT2D eigenvalue weighted by Gasteiger charge is 2.07. The summed E-state index contributed by atoms with van der Waals surface area (Å²) in [6.07, 6.45) is 0.823. The zero-order chi connectivity index (χ0) is 14.5. The molecule has 2 aromatic rings. The number of nitrogens with one attached hydrogen (secondary N) is 1. The number of nitrogens with zero attached hydrogens (tertiary/aromatic N) is 3. The Labute approximate surface area is 128 Å². The molecular weight excluding hydrogens is 351 g/mol. The van der Waals surface area contributed by atoms with Crippen molar-refractivity contribution in [2.45, 2.75) is 13.3 Å². The molecule has 0 aliphatic heterocycles. The highest BCUT2D eigenvalue weighted by molar-refractivity contribution is 9.10. The average Bonchev–Trinajstić information content (AvgIpc) is 2.40. The Morgan fingerprint density at radius 1 is 1.35 bits per heavy atom. The third-order valence-electron chi connectivity index (χ3n) is 2.20. The quantitative estimate of drug-likeness (QED) is 0.873. The molecule has 0 amide bonds. The summed E-state index contributed by atoms with van der Waals surface area (Å²) in [5.41, 5.74) is 0.495. The molecule has 0 saturated heterocycles. The van der Waals surface area contributed by atoms with Crippen LogP contribution in [0.3, 0.4) is 0 Å². The van der Waals surface area contributed by atoms with Gasteiger partial charge in [-0.3, -0.25) is 0 Å². The first-order valence-corrected chi connectivity index (χ1v) is 7.02. The summed E-state index contributed by atoms with van der Waals surface area (Å²) >= 11 is 8.87. The van der Waals surface area contributed by atoms with Crippen molar-refractivity contribution < 1.29 is 9.13 Å². The van der Waals surface area contributed by atoms with Crippen LogP contribution >= 0.6 is 27.5 Å². The van der Waals surface area contributed by atoms with E-state index in [9.17, 15) is 4.39 Å². The van der Waals surface area contributed by atoms with E-state index in [1.54, 1.807) is 12.1 Å². The second-order valence-corrected chi connectivity index (χ2v) is 5.01. The topological polar surface area (TPSA) is 59.9 Å². The Bertz CT molecular complexity index is 614. The van der Waals surface area contributed by atoms with E-state index < -0.39 is 5.82 Å². The van der Waals surface area contributed by atoms with E-state index in [-0.39, 0.29) is 17.2 Å². The molecule has 0 bridgehead atoms. The van der Waals surface area contributed by atoms with E-state index in [2.05, 4.69) is 36.2 Å². The van der Waals surface area contributed by atoms with Crippen molar-refractivity contribution in [1.29, 1.82) is 0 Å². The van der Waals surface area contributed by atoms with Crippen LogP contribution in [0.5, 0.6) is 6.01 Å². The largest absolute Gasteiger partial charge is 0.463 e. The second-order valence-electron chi connectivity index (χ2n) is 3.81. The lowest BCUT2D eigenvalue weighted by Crippen LogP contribution is -2.05. The fourth-order valence-electron chi connectivity index (χ4n) is 1.35. The van der Waals surface area contributed by atoms with Crippen molar-refractivity contribution in [3.63, 3.8) is 0 Å². The minimum Gasteiger partial charge on any atom is -0.463 e. The number of hydrogen-bond donors (Lipinski definition) is 1. The molecule has 1 aromatic carbocycles. The van der Waals surface area contributed by atoms with Gasteiger partial charge in [0.25, 0.3) is 0 Å². The van der Waals surface area contributed by atoms with Crippen LogP contribution < -0.4 is 10.1 Å². The van der Waals surface area contributed by atoms with Gasteiger partial charge in [-0.15, -0.1) is 0 Å². The molecule has 1 aromatic heterocycles. The maximum atomic E-state index is 13.4. The van der Waals surface area contributed by atoms with Gasteiger partial charge < -0.3 is 10.1 Å². The zero-order valence-electron chi connectivity index (χ0n) is 10.5. The molecule has 0 unspecified atom stereocenters. The summed E-state index contributed by atoms with van der Waals surface area (Å²) < 4.78 is 19.1. The smallest absolute Gasteiger partial charge is 0.322 e. The molecule has 5 nitrogen and oxygen atoms in total. The van der Waals surface area contributed by atoms with Crippen molar-refractivity contribution in [3.05, 3.63) is 33.8 Å². The highest BCUT2D eigenvalue weighted by atomic mass is 79.9. The maximum absolute atomic E-state index is 13.4. The van der Waals surface area contributed by atoms with E-state index in [4.69, 9.17) is 16.3 Å². The van der Waals surface area contributed by atoms with Gasteiger partial charge in [0.2, 0.25) is 11.2 Å². The first-order chi connectivity index (χ1) is 9.58. The zero-order valence-corrected chi connectivity index (χ0v) is 12.9. The normalized spacial score (nSPS) is 10.4. The van der Waals surface area contributed by atoms with Crippen LogP contribution in [-0.2, 0) is 0 Å². The van der Waals surface area contributed by atoms with Crippen molar-refractivity contribution in [1.82, 2.24) is 15.0 Å². The predicted molar refractivity (Wildman–Crippen MR) is 78.0 cm³/mol. The second kappa shape index (κ2) is 6.81. The van der Waals surface area contributed by atoms with E-state index >= 15 is 0 Å².